The van der Waals surface area contributed by atoms with Crippen molar-refractivity contribution >= 4 is 46.4 Å². The van der Waals surface area contributed by atoms with Crippen molar-refractivity contribution in [3.8, 4) is 11.3 Å². The largest absolute Gasteiger partial charge is 0.598 e. The lowest BCUT2D eigenvalue weighted by Gasteiger charge is -2.44. The van der Waals surface area contributed by atoms with E-state index < -0.39 is 17.3 Å². The van der Waals surface area contributed by atoms with Crippen LogP contribution in [0.1, 0.15) is 66.2 Å². The highest BCUT2D eigenvalue weighted by Crippen LogP contribution is 2.47. The first-order valence-corrected chi connectivity index (χ1v) is 14.1. The number of hydrogen-bond acceptors (Lipinski definition) is 7. The van der Waals surface area contributed by atoms with Gasteiger partial charge in [-0.2, -0.15) is 0 Å². The van der Waals surface area contributed by atoms with Crippen molar-refractivity contribution in [2.45, 2.75) is 77.0 Å². The molecule has 2 atom stereocenters. The second kappa shape index (κ2) is 12.3. The first-order chi connectivity index (χ1) is 17.0. The molecule has 1 unspecified atom stereocenters. The van der Waals surface area contributed by atoms with Crippen LogP contribution in [0.3, 0.4) is 0 Å². The Morgan fingerprint density at radius 3 is 2.44 bits per heavy atom. The fourth-order valence-electron chi connectivity index (χ4n) is 4.65. The van der Waals surface area contributed by atoms with Gasteiger partial charge in [0.1, 0.15) is 15.7 Å². The number of aliphatic carboxylic acids is 1. The minimum Gasteiger partial charge on any atom is -0.598 e. The van der Waals surface area contributed by atoms with Gasteiger partial charge < -0.3 is 14.6 Å². The number of hydrogen-bond donors (Lipinski definition) is 2. The van der Waals surface area contributed by atoms with Crippen LogP contribution in [0.15, 0.2) is 24.7 Å². The van der Waals surface area contributed by atoms with Crippen molar-refractivity contribution in [3.05, 3.63) is 34.8 Å². The summed E-state index contributed by atoms with van der Waals surface area (Å²) in [6.07, 6.45) is 11.0. The third-order valence-electron chi connectivity index (χ3n) is 6.86. The summed E-state index contributed by atoms with van der Waals surface area (Å²) in [5, 5.41) is 8.37. The van der Waals surface area contributed by atoms with E-state index in [0.717, 1.165) is 43.7 Å². The Balaban J connectivity index is 0.000000658. The smallest absolute Gasteiger partial charge is 0.303 e. The van der Waals surface area contributed by atoms with Gasteiger partial charge in [0.2, 0.25) is 0 Å². The van der Waals surface area contributed by atoms with E-state index in [2.05, 4.69) is 24.6 Å². The van der Waals surface area contributed by atoms with Gasteiger partial charge in [0.15, 0.2) is 0 Å². The Hall–Kier alpha value is -1.65. The number of aromatic nitrogens is 3. The SMILES string of the molecule is CC(C)(C)[S+]([O-])N[C@@H]1CCCC12CCN(c1cnc(-c3ccnc(Cl)c3Cl)cn1)CC2.CCC(=O)O. The Kier molecular flexibility index (Phi) is 9.85. The first kappa shape index (κ1) is 28.9. The lowest BCUT2D eigenvalue weighted by molar-refractivity contribution is -0.136. The minimum atomic E-state index is -1.03. The molecule has 2 aliphatic rings. The number of piperidine rings is 1. The molecule has 2 aromatic rings. The number of anilines is 1. The number of carboxylic acid groups (broad SMARTS) is 1. The van der Waals surface area contributed by atoms with Crippen LogP contribution in [0, 0.1) is 5.41 Å². The summed E-state index contributed by atoms with van der Waals surface area (Å²) >= 11 is 11.2. The molecule has 0 aromatic carbocycles. The van der Waals surface area contributed by atoms with E-state index in [1.54, 1.807) is 31.6 Å². The average Bonchev–Trinajstić information content (AvgIpc) is 3.22. The third kappa shape index (κ3) is 7.01. The van der Waals surface area contributed by atoms with Gasteiger partial charge >= 0.3 is 5.97 Å². The molecule has 1 spiro atoms. The number of nitrogens with zero attached hydrogens (tertiary/aromatic N) is 4. The number of halogens is 2. The summed E-state index contributed by atoms with van der Waals surface area (Å²) < 4.78 is 15.9. The lowest BCUT2D eigenvalue weighted by Crippen LogP contribution is -2.53. The van der Waals surface area contributed by atoms with E-state index in [0.29, 0.717) is 16.8 Å². The summed E-state index contributed by atoms with van der Waals surface area (Å²) in [4.78, 5) is 24.8. The Morgan fingerprint density at radius 1 is 1.22 bits per heavy atom. The van der Waals surface area contributed by atoms with Crippen molar-refractivity contribution in [3.63, 3.8) is 0 Å². The molecule has 3 heterocycles. The molecule has 198 valence electrons. The van der Waals surface area contributed by atoms with Crippen molar-refractivity contribution in [1.82, 2.24) is 19.7 Å². The van der Waals surface area contributed by atoms with Crippen LogP contribution >= 0.6 is 23.2 Å². The second-order valence-corrected chi connectivity index (χ2v) is 13.0. The van der Waals surface area contributed by atoms with Gasteiger partial charge in [0.05, 0.1) is 29.2 Å². The van der Waals surface area contributed by atoms with E-state index in [-0.39, 0.29) is 21.7 Å². The van der Waals surface area contributed by atoms with E-state index in [9.17, 15) is 9.35 Å². The summed E-state index contributed by atoms with van der Waals surface area (Å²) in [7, 11) is 0. The predicted molar refractivity (Wildman–Crippen MR) is 146 cm³/mol. The van der Waals surface area contributed by atoms with Crippen LogP contribution in [-0.4, -0.2) is 54.5 Å². The highest BCUT2D eigenvalue weighted by molar-refractivity contribution is 7.90. The van der Waals surface area contributed by atoms with E-state index in [4.69, 9.17) is 28.3 Å². The number of rotatable bonds is 5. The maximum absolute atomic E-state index is 12.7. The Labute approximate surface area is 226 Å². The van der Waals surface area contributed by atoms with Crippen LogP contribution < -0.4 is 9.62 Å². The summed E-state index contributed by atoms with van der Waals surface area (Å²) in [5.41, 5.74) is 1.63. The fourth-order valence-corrected chi connectivity index (χ4v) is 5.99. The van der Waals surface area contributed by atoms with Crippen molar-refractivity contribution < 1.29 is 14.5 Å². The van der Waals surface area contributed by atoms with Crippen LogP contribution in [-0.2, 0) is 16.2 Å². The molecule has 1 aliphatic carbocycles. The van der Waals surface area contributed by atoms with Crippen molar-refractivity contribution in [2.24, 2.45) is 5.41 Å². The molecule has 8 nitrogen and oxygen atoms in total. The van der Waals surface area contributed by atoms with Gasteiger partial charge in [0, 0.05) is 42.6 Å². The molecule has 0 radical (unpaired) electrons. The number of carboxylic acids is 1. The molecule has 0 amide bonds. The molecule has 11 heteroatoms. The topological polar surface area (TPSA) is 114 Å². The molecule has 36 heavy (non-hydrogen) atoms. The zero-order valence-electron chi connectivity index (χ0n) is 21.3. The monoisotopic (exact) mass is 555 g/mol. The van der Waals surface area contributed by atoms with Crippen LogP contribution in [0.5, 0.6) is 0 Å². The summed E-state index contributed by atoms with van der Waals surface area (Å²) in [6.45, 7) is 9.52. The molecule has 1 saturated carbocycles. The van der Waals surface area contributed by atoms with Crippen LogP contribution in [0.2, 0.25) is 10.2 Å². The van der Waals surface area contributed by atoms with Gasteiger partial charge in [-0.25, -0.2) is 9.97 Å². The van der Waals surface area contributed by atoms with E-state index >= 15 is 0 Å². The summed E-state index contributed by atoms with van der Waals surface area (Å²) in [5.74, 6) is 0.126. The first-order valence-electron chi connectivity index (χ1n) is 12.2. The summed E-state index contributed by atoms with van der Waals surface area (Å²) in [6, 6.07) is 2.11. The Bertz CT molecular complexity index is 1030. The molecule has 4 rings (SSSR count). The zero-order valence-corrected chi connectivity index (χ0v) is 23.6. The molecule has 2 aromatic heterocycles. The standard InChI is InChI=1S/C22H29Cl2N5OS.C3H6O2/c1-21(2,3)31(30)28-17-5-4-7-22(17)8-11-29(12-9-22)18-14-26-16(13-27-18)15-6-10-25-20(24)19(15)23;1-2-3(4)5/h6,10,13-14,17,28H,4-5,7-9,11-12H2,1-3H3;2H2,1H3,(H,4,5)/t17-,31?;/m1./s1. The quantitative estimate of drug-likeness (QED) is 0.366. The number of pyridine rings is 1. The normalized spacial score (nSPS) is 20.1. The van der Waals surface area contributed by atoms with Gasteiger partial charge in [-0.1, -0.05) is 36.5 Å². The molecule has 1 aliphatic heterocycles. The highest BCUT2D eigenvalue weighted by atomic mass is 35.5. The lowest BCUT2D eigenvalue weighted by atomic mass is 9.74. The van der Waals surface area contributed by atoms with E-state index in [1.165, 1.54) is 12.8 Å². The highest BCUT2D eigenvalue weighted by Gasteiger charge is 2.47. The van der Waals surface area contributed by atoms with Gasteiger partial charge in [-0.05, 0) is 57.9 Å². The Morgan fingerprint density at radius 2 is 1.89 bits per heavy atom. The molecule has 1 saturated heterocycles. The maximum Gasteiger partial charge on any atom is 0.303 e. The third-order valence-corrected chi connectivity index (χ3v) is 9.24. The molecular formula is C25H35Cl2N5O3S. The molecule has 2 fully saturated rings. The van der Waals surface area contributed by atoms with Gasteiger partial charge in [-0.3, -0.25) is 9.78 Å². The van der Waals surface area contributed by atoms with Crippen LogP contribution in [0.4, 0.5) is 5.82 Å². The van der Waals surface area contributed by atoms with Crippen molar-refractivity contribution in [2.75, 3.05) is 18.0 Å². The maximum atomic E-state index is 12.7. The zero-order chi connectivity index (χ0) is 26.5. The van der Waals surface area contributed by atoms with Gasteiger partial charge in [0.25, 0.3) is 0 Å². The predicted octanol–water partition coefficient (Wildman–Crippen LogP) is 5.52. The molecular weight excluding hydrogens is 521 g/mol. The minimum absolute atomic E-state index is 0.222. The number of carbonyl (C=O) groups is 1. The van der Waals surface area contributed by atoms with E-state index in [1.807, 2.05) is 20.8 Å². The molecule has 0 bridgehead atoms. The van der Waals surface area contributed by atoms with Crippen LogP contribution in [0.25, 0.3) is 11.3 Å². The fraction of sp³-hybridized carbons (Fsp3) is 0.600. The second-order valence-electron chi connectivity index (χ2n) is 10.3. The van der Waals surface area contributed by atoms with Crippen molar-refractivity contribution in [1.29, 1.82) is 0 Å². The average molecular weight is 557 g/mol. The van der Waals surface area contributed by atoms with Gasteiger partial charge in [-0.15, -0.1) is 4.72 Å². The molecule has 2 N–H and O–H groups in total. The number of nitrogens with one attached hydrogen (secondary N) is 1.